The molecule has 0 saturated heterocycles. The van der Waals surface area contributed by atoms with Gasteiger partial charge in [0.15, 0.2) is 0 Å². The molecule has 21 heavy (non-hydrogen) atoms. The third-order valence-corrected chi connectivity index (χ3v) is 5.48. The quantitative estimate of drug-likeness (QED) is 0.498. The topological polar surface area (TPSA) is 26.3 Å². The maximum atomic E-state index is 12.6. The molecule has 1 aromatic carbocycles. The van der Waals surface area contributed by atoms with Gasteiger partial charge in [-0.3, -0.25) is 4.79 Å². The molecule has 0 spiro atoms. The van der Waals surface area contributed by atoms with Gasteiger partial charge in [-0.25, -0.2) is 0 Å². The van der Waals surface area contributed by atoms with Crippen molar-refractivity contribution in [3.05, 3.63) is 33.4 Å². The Morgan fingerprint density at radius 1 is 1.19 bits per heavy atom. The van der Waals surface area contributed by atoms with Gasteiger partial charge in [-0.1, -0.05) is 25.5 Å². The Balaban J connectivity index is 2.29. The van der Waals surface area contributed by atoms with Crippen LogP contribution in [-0.4, -0.2) is 5.97 Å². The van der Waals surface area contributed by atoms with E-state index in [1.54, 1.807) is 0 Å². The second kappa shape index (κ2) is 6.67. The third kappa shape index (κ3) is 3.79. The number of hydrogen-bond acceptors (Lipinski definition) is 2. The van der Waals surface area contributed by atoms with Crippen molar-refractivity contribution in [1.82, 2.24) is 0 Å². The van der Waals surface area contributed by atoms with Crippen LogP contribution in [0.1, 0.15) is 64.9 Å². The second-order valence-corrected chi connectivity index (χ2v) is 7.93. The number of halogens is 1. The summed E-state index contributed by atoms with van der Waals surface area (Å²) in [7, 11) is 0. The molecule has 0 unspecified atom stereocenters. The lowest BCUT2D eigenvalue weighted by Gasteiger charge is -2.39. The Hall–Kier alpha value is -0.580. The fourth-order valence-electron chi connectivity index (χ4n) is 2.79. The van der Waals surface area contributed by atoms with E-state index >= 15 is 0 Å². The first-order valence-corrected chi connectivity index (χ1v) is 8.97. The van der Waals surface area contributed by atoms with Gasteiger partial charge >= 0.3 is 5.97 Å². The van der Waals surface area contributed by atoms with Crippen molar-refractivity contribution in [2.75, 3.05) is 0 Å². The summed E-state index contributed by atoms with van der Waals surface area (Å²) in [6.07, 6.45) is 6.19. The van der Waals surface area contributed by atoms with Gasteiger partial charge in [0.2, 0.25) is 0 Å². The van der Waals surface area contributed by atoms with Gasteiger partial charge in [0, 0.05) is 3.57 Å². The van der Waals surface area contributed by atoms with E-state index in [-0.39, 0.29) is 5.97 Å². The highest BCUT2D eigenvalue weighted by molar-refractivity contribution is 14.1. The van der Waals surface area contributed by atoms with E-state index in [1.165, 1.54) is 9.99 Å². The van der Waals surface area contributed by atoms with Crippen molar-refractivity contribution in [1.29, 1.82) is 0 Å². The van der Waals surface area contributed by atoms with Crippen LogP contribution in [0.4, 0.5) is 0 Å². The lowest BCUT2D eigenvalue weighted by Crippen LogP contribution is -2.39. The zero-order valence-corrected chi connectivity index (χ0v) is 15.4. The Morgan fingerprint density at radius 3 is 2.29 bits per heavy atom. The summed E-state index contributed by atoms with van der Waals surface area (Å²) < 4.78 is 7.33. The zero-order valence-electron chi connectivity index (χ0n) is 13.2. The molecule has 1 aromatic rings. The van der Waals surface area contributed by atoms with Crippen LogP contribution >= 0.6 is 22.6 Å². The molecule has 0 bridgehead atoms. The van der Waals surface area contributed by atoms with Gasteiger partial charge in [-0.15, -0.1) is 0 Å². The van der Waals surface area contributed by atoms with E-state index in [0.29, 0.717) is 0 Å². The van der Waals surface area contributed by atoms with Crippen LogP contribution in [0.3, 0.4) is 0 Å². The molecule has 2 nitrogen and oxygen atoms in total. The molecule has 0 atom stereocenters. The maximum Gasteiger partial charge on any atom is 0.312 e. The normalized spacial score (nSPS) is 18.3. The third-order valence-electron chi connectivity index (χ3n) is 4.76. The van der Waals surface area contributed by atoms with Gasteiger partial charge < -0.3 is 4.74 Å². The largest absolute Gasteiger partial charge is 0.454 e. The van der Waals surface area contributed by atoms with E-state index in [4.69, 9.17) is 4.74 Å². The number of hydrogen-bond donors (Lipinski definition) is 0. The first-order valence-electron chi connectivity index (χ1n) is 7.89. The van der Waals surface area contributed by atoms with Crippen LogP contribution in [0.5, 0.6) is 0 Å². The molecule has 1 saturated carbocycles. The minimum Gasteiger partial charge on any atom is -0.454 e. The Labute approximate surface area is 141 Å². The lowest BCUT2D eigenvalue weighted by molar-refractivity contribution is -0.176. The standard InChI is InChI=1S/C18H25IO2/c1-4-17(2,3)16(20)21-18(12-6-5-7-13-18)14-8-10-15(19)11-9-14/h8-11H,4-7,12-13H2,1-3H3. The minimum atomic E-state index is -0.411. The van der Waals surface area contributed by atoms with Crippen LogP contribution in [0.2, 0.25) is 0 Å². The van der Waals surface area contributed by atoms with Gasteiger partial charge in [-0.2, -0.15) is 0 Å². The summed E-state index contributed by atoms with van der Waals surface area (Å²) in [5.41, 5.74) is 0.336. The highest BCUT2D eigenvalue weighted by atomic mass is 127. The van der Waals surface area contributed by atoms with Crippen LogP contribution < -0.4 is 0 Å². The summed E-state index contributed by atoms with van der Waals surface area (Å²) >= 11 is 2.31. The van der Waals surface area contributed by atoms with E-state index in [0.717, 1.165) is 37.7 Å². The number of esters is 1. The second-order valence-electron chi connectivity index (χ2n) is 6.69. The number of carbonyl (C=O) groups is 1. The van der Waals surface area contributed by atoms with E-state index < -0.39 is 11.0 Å². The SMILES string of the molecule is CCC(C)(C)C(=O)OC1(c2ccc(I)cc2)CCCCC1. The minimum absolute atomic E-state index is 0.0644. The van der Waals surface area contributed by atoms with E-state index in [2.05, 4.69) is 46.9 Å². The Kier molecular flexibility index (Phi) is 5.33. The molecular weight excluding hydrogens is 375 g/mol. The molecule has 0 heterocycles. The molecule has 2 rings (SSSR count). The van der Waals surface area contributed by atoms with E-state index in [9.17, 15) is 4.79 Å². The van der Waals surface area contributed by atoms with Crippen molar-refractivity contribution >= 4 is 28.6 Å². The fourth-order valence-corrected chi connectivity index (χ4v) is 3.15. The molecule has 1 fully saturated rings. The number of ether oxygens (including phenoxy) is 1. The van der Waals surface area contributed by atoms with Crippen molar-refractivity contribution in [2.45, 2.75) is 64.9 Å². The fraction of sp³-hybridized carbons (Fsp3) is 0.611. The molecule has 3 heteroatoms. The van der Waals surface area contributed by atoms with Gasteiger partial charge in [0.05, 0.1) is 5.41 Å². The smallest absolute Gasteiger partial charge is 0.312 e. The molecule has 1 aliphatic rings. The monoisotopic (exact) mass is 400 g/mol. The van der Waals surface area contributed by atoms with Crippen LogP contribution in [0.15, 0.2) is 24.3 Å². The van der Waals surface area contributed by atoms with Crippen molar-refractivity contribution in [2.24, 2.45) is 5.41 Å². The average Bonchev–Trinajstić information content (AvgIpc) is 2.48. The number of carbonyl (C=O) groups excluding carboxylic acids is 1. The van der Waals surface area contributed by atoms with Crippen molar-refractivity contribution in [3.8, 4) is 0 Å². The molecular formula is C18H25IO2. The van der Waals surface area contributed by atoms with Gasteiger partial charge in [0.1, 0.15) is 5.60 Å². The summed E-state index contributed by atoms with van der Waals surface area (Å²) in [4.78, 5) is 12.6. The molecule has 0 N–H and O–H groups in total. The van der Waals surface area contributed by atoms with Crippen LogP contribution in [0.25, 0.3) is 0 Å². The summed E-state index contributed by atoms with van der Waals surface area (Å²) in [6, 6.07) is 8.45. The average molecular weight is 400 g/mol. The Morgan fingerprint density at radius 2 is 1.76 bits per heavy atom. The molecule has 0 radical (unpaired) electrons. The highest BCUT2D eigenvalue weighted by Crippen LogP contribution is 2.42. The maximum absolute atomic E-state index is 12.6. The first kappa shape index (κ1) is 16.8. The summed E-state index contributed by atoms with van der Waals surface area (Å²) in [5, 5.41) is 0. The molecule has 0 aromatic heterocycles. The predicted octanol–water partition coefficient (Wildman–Crippen LogP) is 5.43. The van der Waals surface area contributed by atoms with Crippen molar-refractivity contribution < 1.29 is 9.53 Å². The predicted molar refractivity (Wildman–Crippen MR) is 94.1 cm³/mol. The lowest BCUT2D eigenvalue weighted by atomic mass is 9.79. The van der Waals surface area contributed by atoms with Gasteiger partial charge in [0.25, 0.3) is 0 Å². The molecule has 0 amide bonds. The first-order chi connectivity index (χ1) is 9.89. The highest BCUT2D eigenvalue weighted by Gasteiger charge is 2.41. The number of rotatable bonds is 4. The van der Waals surface area contributed by atoms with Crippen LogP contribution in [-0.2, 0) is 15.1 Å². The molecule has 0 aliphatic heterocycles. The summed E-state index contributed by atoms with van der Waals surface area (Å²) in [5.74, 6) is -0.0644. The molecule has 116 valence electrons. The summed E-state index contributed by atoms with van der Waals surface area (Å²) in [6.45, 7) is 5.99. The Bertz CT molecular complexity index is 484. The molecule has 1 aliphatic carbocycles. The zero-order chi connectivity index (χ0) is 15.5. The van der Waals surface area contributed by atoms with E-state index in [1.807, 2.05) is 20.8 Å². The number of benzene rings is 1. The van der Waals surface area contributed by atoms with Gasteiger partial charge in [-0.05, 0) is 86.2 Å². The van der Waals surface area contributed by atoms with Crippen molar-refractivity contribution in [3.63, 3.8) is 0 Å². The van der Waals surface area contributed by atoms with Crippen LogP contribution in [0, 0.1) is 8.99 Å².